The van der Waals surface area contributed by atoms with Crippen molar-refractivity contribution >= 4 is 23.7 Å². The van der Waals surface area contributed by atoms with Gasteiger partial charge >= 0.3 is 5.97 Å². The number of carbonyl (C=O) groups excluding carboxylic acids is 3. The number of nitrogens with two attached hydrogens (primary N) is 2. The summed E-state index contributed by atoms with van der Waals surface area (Å²) in [4.78, 5) is 44.9. The van der Waals surface area contributed by atoms with Gasteiger partial charge in [0.1, 0.15) is 6.04 Å². The van der Waals surface area contributed by atoms with Gasteiger partial charge in [-0.1, -0.05) is 117 Å². The van der Waals surface area contributed by atoms with E-state index in [1.807, 2.05) is 0 Å². The molecule has 0 saturated heterocycles. The largest absolute Gasteiger partial charge is 0.464 e. The van der Waals surface area contributed by atoms with E-state index in [1.54, 1.807) is 6.92 Å². The van der Waals surface area contributed by atoms with E-state index >= 15 is 0 Å². The molecule has 0 heterocycles. The van der Waals surface area contributed by atoms with Crippen LogP contribution in [-0.4, -0.2) is 47.8 Å². The molecule has 0 aliphatic heterocycles. The van der Waals surface area contributed by atoms with Crippen LogP contribution in [0.2, 0.25) is 0 Å². The molecule has 0 saturated carbocycles. The highest BCUT2D eigenvalue weighted by molar-refractivity contribution is 5.99. The zero-order valence-corrected chi connectivity index (χ0v) is 26.2. The number of carbonyl (C=O) groups is 3. The minimum Gasteiger partial charge on any atom is -0.464 e. The van der Waals surface area contributed by atoms with E-state index < -0.39 is 12.0 Å². The van der Waals surface area contributed by atoms with Gasteiger partial charge in [0, 0.05) is 19.4 Å². The molecule has 0 aromatic carbocycles. The highest BCUT2D eigenvalue weighted by Crippen LogP contribution is 2.18. The molecule has 40 heavy (non-hydrogen) atoms. The van der Waals surface area contributed by atoms with Gasteiger partial charge in [-0.05, 0) is 32.6 Å². The number of hydrogen-bond acceptors (Lipinski definition) is 5. The van der Waals surface area contributed by atoms with Crippen LogP contribution >= 0.6 is 0 Å². The molecule has 0 aliphatic rings. The number of hydrogen-bond donors (Lipinski definition) is 2. The van der Waals surface area contributed by atoms with Gasteiger partial charge in [0.25, 0.3) is 0 Å². The summed E-state index contributed by atoms with van der Waals surface area (Å²) in [6, 6.07) is -0.939. The number of nitrogens with zero attached hydrogens (tertiary/aromatic N) is 2. The van der Waals surface area contributed by atoms with Crippen LogP contribution in [0.5, 0.6) is 0 Å². The van der Waals surface area contributed by atoms with Crippen LogP contribution < -0.4 is 11.5 Å². The maximum Gasteiger partial charge on any atom is 0.329 e. The number of amides is 2. The van der Waals surface area contributed by atoms with Crippen molar-refractivity contribution in [2.75, 3.05) is 13.2 Å². The topological polar surface area (TPSA) is 128 Å². The molecular formula is C32H62N4O4. The van der Waals surface area contributed by atoms with Crippen molar-refractivity contribution in [1.29, 1.82) is 0 Å². The fourth-order valence-corrected chi connectivity index (χ4v) is 4.98. The Labute approximate surface area is 245 Å². The Bertz CT molecular complexity index is 646. The summed E-state index contributed by atoms with van der Waals surface area (Å²) >= 11 is 0. The minimum atomic E-state index is -0.939. The first-order valence-corrected chi connectivity index (χ1v) is 16.5. The van der Waals surface area contributed by atoms with Gasteiger partial charge < -0.3 is 16.2 Å². The zero-order chi connectivity index (χ0) is 29.8. The third-order valence-electron chi connectivity index (χ3n) is 7.33. The SMILES string of the molecule is CCCCCCCCCCCC(=O)N(C(=O)CCCCCCCCCCC)[C@@H](CCCN=C(N)N)C(=O)OCC. The van der Waals surface area contributed by atoms with Crippen LogP contribution in [-0.2, 0) is 19.1 Å². The second kappa shape index (κ2) is 27.1. The molecule has 8 heteroatoms. The molecule has 1 atom stereocenters. The molecule has 0 radical (unpaired) electrons. The fourth-order valence-electron chi connectivity index (χ4n) is 4.98. The molecule has 0 aliphatic carbocycles. The smallest absolute Gasteiger partial charge is 0.329 e. The van der Waals surface area contributed by atoms with Crippen molar-refractivity contribution in [3.05, 3.63) is 0 Å². The maximum atomic E-state index is 13.4. The summed E-state index contributed by atoms with van der Waals surface area (Å²) in [5.41, 5.74) is 10.9. The van der Waals surface area contributed by atoms with Gasteiger partial charge in [0.2, 0.25) is 11.8 Å². The van der Waals surface area contributed by atoms with E-state index in [9.17, 15) is 14.4 Å². The van der Waals surface area contributed by atoms with Crippen molar-refractivity contribution in [2.45, 2.75) is 168 Å². The first kappa shape index (κ1) is 37.9. The molecule has 0 bridgehead atoms. The molecule has 0 unspecified atom stereocenters. The molecule has 0 fully saturated rings. The second-order valence-corrected chi connectivity index (χ2v) is 11.0. The fraction of sp³-hybridized carbons (Fsp3) is 0.875. The monoisotopic (exact) mass is 566 g/mol. The summed E-state index contributed by atoms with van der Waals surface area (Å²) < 4.78 is 5.29. The molecule has 0 spiro atoms. The van der Waals surface area contributed by atoms with Gasteiger partial charge in [0.15, 0.2) is 5.96 Å². The Kier molecular flexibility index (Phi) is 25.6. The first-order valence-electron chi connectivity index (χ1n) is 16.5. The van der Waals surface area contributed by atoms with Crippen LogP contribution in [0.4, 0.5) is 0 Å². The lowest BCUT2D eigenvalue weighted by molar-refractivity contribution is -0.161. The summed E-state index contributed by atoms with van der Waals surface area (Å²) in [5, 5.41) is 0. The lowest BCUT2D eigenvalue weighted by atomic mass is 10.0. The summed E-state index contributed by atoms with van der Waals surface area (Å²) in [5.74, 6) is -1.10. The standard InChI is InChI=1S/C32H62N4O4/c1-4-7-9-11-13-15-17-19-21-25-29(37)36(28(31(39)40-6-3)24-23-27-35-32(33)34)30(38)26-22-20-18-16-14-12-10-8-5-2/h28H,4-27H2,1-3H3,(H4,33,34,35)/t28-/m0/s1. The number of guanidine groups is 1. The highest BCUT2D eigenvalue weighted by atomic mass is 16.5. The molecule has 0 aromatic rings. The lowest BCUT2D eigenvalue weighted by Gasteiger charge is -2.29. The molecule has 2 amide bonds. The van der Waals surface area contributed by atoms with Gasteiger partial charge in [-0.2, -0.15) is 0 Å². The van der Waals surface area contributed by atoms with Crippen LogP contribution in [0.1, 0.15) is 162 Å². The number of rotatable bonds is 27. The summed E-state index contributed by atoms with van der Waals surface area (Å²) in [7, 11) is 0. The van der Waals surface area contributed by atoms with Crippen LogP contribution in [0.15, 0.2) is 4.99 Å². The van der Waals surface area contributed by atoms with E-state index in [4.69, 9.17) is 16.2 Å². The van der Waals surface area contributed by atoms with Gasteiger partial charge in [-0.3, -0.25) is 19.5 Å². The van der Waals surface area contributed by atoms with E-state index in [-0.39, 0.29) is 43.6 Å². The number of ether oxygens (including phenoxy) is 1. The molecule has 0 rings (SSSR count). The van der Waals surface area contributed by atoms with E-state index in [1.165, 1.54) is 81.9 Å². The van der Waals surface area contributed by atoms with Gasteiger partial charge in [0.05, 0.1) is 6.61 Å². The normalized spacial score (nSPS) is 11.7. The summed E-state index contributed by atoms with van der Waals surface area (Å²) in [6.07, 6.45) is 21.9. The van der Waals surface area contributed by atoms with Crippen LogP contribution in [0.3, 0.4) is 0 Å². The highest BCUT2D eigenvalue weighted by Gasteiger charge is 2.34. The molecule has 8 nitrogen and oxygen atoms in total. The van der Waals surface area contributed by atoms with Crippen LogP contribution in [0, 0.1) is 0 Å². The van der Waals surface area contributed by atoms with Crippen molar-refractivity contribution < 1.29 is 19.1 Å². The Balaban J connectivity index is 5.03. The number of unbranched alkanes of at least 4 members (excludes halogenated alkanes) is 16. The average molecular weight is 567 g/mol. The third-order valence-corrected chi connectivity index (χ3v) is 7.33. The Morgan fingerprint density at radius 2 is 1.02 bits per heavy atom. The van der Waals surface area contributed by atoms with Gasteiger partial charge in [-0.15, -0.1) is 0 Å². The number of imide groups is 1. The third kappa shape index (κ3) is 20.7. The first-order chi connectivity index (χ1) is 19.4. The summed E-state index contributed by atoms with van der Waals surface area (Å²) in [6.45, 7) is 6.68. The van der Waals surface area contributed by atoms with Crippen molar-refractivity contribution in [3.63, 3.8) is 0 Å². The number of esters is 1. The van der Waals surface area contributed by atoms with Crippen molar-refractivity contribution in [1.82, 2.24) is 4.90 Å². The zero-order valence-electron chi connectivity index (χ0n) is 26.2. The Morgan fingerprint density at radius 1 is 0.625 bits per heavy atom. The van der Waals surface area contributed by atoms with Crippen LogP contribution in [0.25, 0.3) is 0 Å². The van der Waals surface area contributed by atoms with Gasteiger partial charge in [-0.25, -0.2) is 4.79 Å². The average Bonchev–Trinajstić information content (AvgIpc) is 2.92. The van der Waals surface area contributed by atoms with Crippen molar-refractivity contribution in [3.8, 4) is 0 Å². The number of aliphatic imine (C=N–C) groups is 1. The maximum absolute atomic E-state index is 13.4. The lowest BCUT2D eigenvalue weighted by Crippen LogP contribution is -2.49. The Morgan fingerprint density at radius 3 is 1.40 bits per heavy atom. The van der Waals surface area contributed by atoms with E-state index in [2.05, 4.69) is 18.8 Å². The molecule has 0 aromatic heterocycles. The molecule has 234 valence electrons. The molecular weight excluding hydrogens is 504 g/mol. The predicted octanol–water partition coefficient (Wildman–Crippen LogP) is 7.17. The molecule has 4 N–H and O–H groups in total. The Hall–Kier alpha value is -2.12. The quantitative estimate of drug-likeness (QED) is 0.0469. The minimum absolute atomic E-state index is 0.0209. The second-order valence-electron chi connectivity index (χ2n) is 11.0. The van der Waals surface area contributed by atoms with Crippen molar-refractivity contribution in [2.24, 2.45) is 16.5 Å². The van der Waals surface area contributed by atoms with E-state index in [0.717, 1.165) is 38.5 Å². The van der Waals surface area contributed by atoms with E-state index in [0.29, 0.717) is 13.0 Å². The predicted molar refractivity (Wildman–Crippen MR) is 166 cm³/mol.